The van der Waals surface area contributed by atoms with Crippen molar-refractivity contribution < 1.29 is 9.47 Å². The number of anilines is 1. The minimum atomic E-state index is 0.680. The fourth-order valence-electron chi connectivity index (χ4n) is 2.14. The summed E-state index contributed by atoms with van der Waals surface area (Å²) in [6.45, 7) is 8.59. The highest BCUT2D eigenvalue weighted by atomic mass is 16.5. The highest BCUT2D eigenvalue weighted by molar-refractivity contribution is 5.59. The zero-order valence-corrected chi connectivity index (χ0v) is 13.2. The lowest BCUT2D eigenvalue weighted by Crippen LogP contribution is -2.05. The average Bonchev–Trinajstić information content (AvgIpc) is 2.45. The van der Waals surface area contributed by atoms with Gasteiger partial charge < -0.3 is 14.8 Å². The first-order valence-electron chi connectivity index (χ1n) is 7.95. The van der Waals surface area contributed by atoms with Crippen LogP contribution in [0.1, 0.15) is 52.9 Å². The second kappa shape index (κ2) is 10.4. The molecule has 0 aromatic heterocycles. The SMILES string of the molecule is CCCCCCCNc1cc(OCC)ccc1OCC. The summed E-state index contributed by atoms with van der Waals surface area (Å²) in [5.74, 6) is 1.80. The summed E-state index contributed by atoms with van der Waals surface area (Å²) >= 11 is 0. The van der Waals surface area contributed by atoms with Crippen molar-refractivity contribution in [2.45, 2.75) is 52.9 Å². The maximum atomic E-state index is 5.65. The third kappa shape index (κ3) is 6.18. The van der Waals surface area contributed by atoms with E-state index in [0.717, 1.165) is 23.7 Å². The summed E-state index contributed by atoms with van der Waals surface area (Å²) in [5, 5.41) is 3.47. The summed E-state index contributed by atoms with van der Waals surface area (Å²) in [6.07, 6.45) is 6.44. The minimum absolute atomic E-state index is 0.680. The van der Waals surface area contributed by atoms with E-state index >= 15 is 0 Å². The monoisotopic (exact) mass is 279 g/mol. The summed E-state index contributed by atoms with van der Waals surface area (Å²) in [6, 6.07) is 5.97. The highest BCUT2D eigenvalue weighted by Crippen LogP contribution is 2.29. The van der Waals surface area contributed by atoms with Crippen LogP contribution in [-0.4, -0.2) is 19.8 Å². The van der Waals surface area contributed by atoms with Gasteiger partial charge in [-0.25, -0.2) is 0 Å². The van der Waals surface area contributed by atoms with Crippen LogP contribution in [0, 0.1) is 0 Å². The van der Waals surface area contributed by atoms with Gasteiger partial charge in [0.2, 0.25) is 0 Å². The van der Waals surface area contributed by atoms with E-state index in [0.29, 0.717) is 13.2 Å². The molecule has 0 atom stereocenters. The molecule has 0 aliphatic rings. The number of unbranched alkanes of at least 4 members (excludes halogenated alkanes) is 4. The van der Waals surface area contributed by atoms with Crippen LogP contribution in [-0.2, 0) is 0 Å². The van der Waals surface area contributed by atoms with Crippen LogP contribution in [0.4, 0.5) is 5.69 Å². The number of nitrogens with one attached hydrogen (secondary N) is 1. The van der Waals surface area contributed by atoms with Gasteiger partial charge in [0.05, 0.1) is 18.9 Å². The molecule has 0 aliphatic carbocycles. The predicted octanol–water partition coefficient (Wildman–Crippen LogP) is 4.87. The Morgan fingerprint density at radius 2 is 1.65 bits per heavy atom. The van der Waals surface area contributed by atoms with Crippen molar-refractivity contribution in [3.05, 3.63) is 18.2 Å². The molecule has 0 amide bonds. The van der Waals surface area contributed by atoms with E-state index in [1.807, 2.05) is 32.0 Å². The second-order valence-corrected chi connectivity index (χ2v) is 4.86. The predicted molar refractivity (Wildman–Crippen MR) is 86.0 cm³/mol. The molecule has 1 aromatic rings. The summed E-state index contributed by atoms with van der Waals surface area (Å²) in [5.41, 5.74) is 1.04. The van der Waals surface area contributed by atoms with Crippen molar-refractivity contribution >= 4 is 5.69 Å². The molecule has 3 heteroatoms. The third-order valence-corrected chi connectivity index (χ3v) is 3.16. The molecule has 0 unspecified atom stereocenters. The number of hydrogen-bond acceptors (Lipinski definition) is 3. The van der Waals surface area contributed by atoms with Crippen LogP contribution in [0.2, 0.25) is 0 Å². The summed E-state index contributed by atoms with van der Waals surface area (Å²) < 4.78 is 11.2. The van der Waals surface area contributed by atoms with Crippen LogP contribution in [0.3, 0.4) is 0 Å². The van der Waals surface area contributed by atoms with Crippen molar-refractivity contribution in [2.75, 3.05) is 25.1 Å². The Balaban J connectivity index is 2.49. The van der Waals surface area contributed by atoms with E-state index in [4.69, 9.17) is 9.47 Å². The average molecular weight is 279 g/mol. The smallest absolute Gasteiger partial charge is 0.142 e. The van der Waals surface area contributed by atoms with Crippen molar-refractivity contribution in [3.63, 3.8) is 0 Å². The lowest BCUT2D eigenvalue weighted by atomic mass is 10.1. The minimum Gasteiger partial charge on any atom is -0.494 e. The Morgan fingerprint density at radius 3 is 2.35 bits per heavy atom. The van der Waals surface area contributed by atoms with Gasteiger partial charge in [-0.1, -0.05) is 32.6 Å². The Bertz CT molecular complexity index is 366. The van der Waals surface area contributed by atoms with E-state index in [2.05, 4.69) is 12.2 Å². The first-order chi connectivity index (χ1) is 9.81. The number of hydrogen-bond donors (Lipinski definition) is 1. The van der Waals surface area contributed by atoms with Gasteiger partial charge in [0, 0.05) is 12.6 Å². The quantitative estimate of drug-likeness (QED) is 0.586. The molecule has 0 saturated heterocycles. The van der Waals surface area contributed by atoms with Crippen molar-refractivity contribution in [2.24, 2.45) is 0 Å². The Morgan fingerprint density at radius 1 is 0.900 bits per heavy atom. The van der Waals surface area contributed by atoms with Gasteiger partial charge in [-0.05, 0) is 32.4 Å². The molecular formula is C17H29NO2. The molecule has 0 bridgehead atoms. The highest BCUT2D eigenvalue weighted by Gasteiger charge is 2.05. The van der Waals surface area contributed by atoms with Crippen LogP contribution in [0.15, 0.2) is 18.2 Å². The molecule has 1 rings (SSSR count). The topological polar surface area (TPSA) is 30.5 Å². The molecule has 1 aromatic carbocycles. The van der Waals surface area contributed by atoms with E-state index in [1.54, 1.807) is 0 Å². The molecule has 20 heavy (non-hydrogen) atoms. The first-order valence-corrected chi connectivity index (χ1v) is 7.95. The molecule has 1 N–H and O–H groups in total. The Labute approximate surface area is 123 Å². The van der Waals surface area contributed by atoms with Crippen LogP contribution in [0.5, 0.6) is 11.5 Å². The maximum absolute atomic E-state index is 5.65. The second-order valence-electron chi connectivity index (χ2n) is 4.86. The standard InChI is InChI=1S/C17H29NO2/c1-4-7-8-9-10-13-18-16-14-15(19-5-2)11-12-17(16)20-6-3/h11-12,14,18H,4-10,13H2,1-3H3. The number of rotatable bonds is 11. The third-order valence-electron chi connectivity index (χ3n) is 3.16. The van der Waals surface area contributed by atoms with Gasteiger partial charge in [0.15, 0.2) is 0 Å². The van der Waals surface area contributed by atoms with Gasteiger partial charge in [-0.3, -0.25) is 0 Å². The normalized spacial score (nSPS) is 10.3. The van der Waals surface area contributed by atoms with Crippen LogP contribution in [0.25, 0.3) is 0 Å². The van der Waals surface area contributed by atoms with Gasteiger partial charge >= 0.3 is 0 Å². The zero-order valence-electron chi connectivity index (χ0n) is 13.2. The van der Waals surface area contributed by atoms with Gasteiger partial charge in [0.25, 0.3) is 0 Å². The maximum Gasteiger partial charge on any atom is 0.142 e. The van der Waals surface area contributed by atoms with E-state index in [1.165, 1.54) is 32.1 Å². The lowest BCUT2D eigenvalue weighted by Gasteiger charge is -2.14. The van der Waals surface area contributed by atoms with Crippen molar-refractivity contribution in [1.29, 1.82) is 0 Å². The molecule has 3 nitrogen and oxygen atoms in total. The number of ether oxygens (including phenoxy) is 2. The van der Waals surface area contributed by atoms with Crippen molar-refractivity contribution in [3.8, 4) is 11.5 Å². The summed E-state index contributed by atoms with van der Waals surface area (Å²) in [4.78, 5) is 0. The molecule has 0 heterocycles. The molecule has 0 saturated carbocycles. The van der Waals surface area contributed by atoms with E-state index in [9.17, 15) is 0 Å². The Hall–Kier alpha value is -1.38. The fourth-order valence-corrected chi connectivity index (χ4v) is 2.14. The van der Waals surface area contributed by atoms with E-state index in [-0.39, 0.29) is 0 Å². The van der Waals surface area contributed by atoms with Gasteiger partial charge in [0.1, 0.15) is 11.5 Å². The molecular weight excluding hydrogens is 250 g/mol. The van der Waals surface area contributed by atoms with E-state index < -0.39 is 0 Å². The first kappa shape index (κ1) is 16.7. The molecule has 114 valence electrons. The van der Waals surface area contributed by atoms with Crippen LogP contribution < -0.4 is 14.8 Å². The molecule has 0 aliphatic heterocycles. The van der Waals surface area contributed by atoms with Gasteiger partial charge in [-0.15, -0.1) is 0 Å². The van der Waals surface area contributed by atoms with Crippen LogP contribution >= 0.6 is 0 Å². The molecule has 0 fully saturated rings. The molecule has 0 radical (unpaired) electrons. The number of benzene rings is 1. The largest absolute Gasteiger partial charge is 0.494 e. The lowest BCUT2D eigenvalue weighted by molar-refractivity contribution is 0.332. The fraction of sp³-hybridized carbons (Fsp3) is 0.647. The van der Waals surface area contributed by atoms with Gasteiger partial charge in [-0.2, -0.15) is 0 Å². The Kier molecular flexibility index (Phi) is 8.68. The van der Waals surface area contributed by atoms with Crippen molar-refractivity contribution in [1.82, 2.24) is 0 Å². The molecule has 0 spiro atoms. The zero-order chi connectivity index (χ0) is 14.6. The summed E-state index contributed by atoms with van der Waals surface area (Å²) in [7, 11) is 0.